The number of rotatable bonds is 2. The summed E-state index contributed by atoms with van der Waals surface area (Å²) < 4.78 is 5.34. The van der Waals surface area contributed by atoms with Crippen LogP contribution in [0.3, 0.4) is 0 Å². The van der Waals surface area contributed by atoms with Crippen molar-refractivity contribution in [2.75, 3.05) is 32.8 Å². The van der Waals surface area contributed by atoms with Crippen molar-refractivity contribution >= 4 is 5.91 Å². The molecule has 0 bridgehead atoms. The van der Waals surface area contributed by atoms with Crippen molar-refractivity contribution in [1.82, 2.24) is 4.90 Å². The lowest BCUT2D eigenvalue weighted by atomic mass is 10.0. The molecule has 2 saturated heterocycles. The van der Waals surface area contributed by atoms with E-state index in [1.165, 1.54) is 0 Å². The van der Waals surface area contributed by atoms with Crippen LogP contribution in [-0.2, 0) is 9.53 Å². The first-order valence-corrected chi connectivity index (χ1v) is 4.87. The smallest absolute Gasteiger partial charge is 0.223 e. The van der Waals surface area contributed by atoms with Gasteiger partial charge in [0.05, 0.1) is 13.2 Å². The highest BCUT2D eigenvalue weighted by atomic mass is 16.5. The van der Waals surface area contributed by atoms with Crippen molar-refractivity contribution in [3.05, 3.63) is 0 Å². The summed E-state index contributed by atoms with van der Waals surface area (Å²) in [5.74, 6) is 1.38. The third-order valence-corrected chi connectivity index (χ3v) is 2.95. The highest BCUT2D eigenvalue weighted by Crippen LogP contribution is 2.29. The van der Waals surface area contributed by atoms with Gasteiger partial charge in [-0.25, -0.2) is 0 Å². The number of likely N-dealkylation sites (tertiary alicyclic amines) is 1. The minimum atomic E-state index is 0.205. The van der Waals surface area contributed by atoms with Gasteiger partial charge in [0.25, 0.3) is 0 Å². The van der Waals surface area contributed by atoms with Crippen molar-refractivity contribution in [3.8, 4) is 0 Å². The summed E-state index contributed by atoms with van der Waals surface area (Å²) >= 11 is 0. The highest BCUT2D eigenvalue weighted by molar-refractivity contribution is 5.76. The van der Waals surface area contributed by atoms with E-state index in [1.54, 1.807) is 0 Å². The van der Waals surface area contributed by atoms with Crippen molar-refractivity contribution in [3.63, 3.8) is 0 Å². The van der Waals surface area contributed by atoms with E-state index in [2.05, 4.69) is 0 Å². The number of amides is 1. The summed E-state index contributed by atoms with van der Waals surface area (Å²) in [5.41, 5.74) is 5.34. The molecular formula is C9H16N2O2. The van der Waals surface area contributed by atoms with Crippen LogP contribution in [0.25, 0.3) is 0 Å². The molecule has 4 heteroatoms. The van der Waals surface area contributed by atoms with E-state index in [0.717, 1.165) is 26.3 Å². The number of carbonyl (C=O) groups is 1. The molecular weight excluding hydrogens is 168 g/mol. The lowest BCUT2D eigenvalue weighted by Crippen LogP contribution is -2.31. The summed E-state index contributed by atoms with van der Waals surface area (Å²) in [6, 6.07) is 0. The first kappa shape index (κ1) is 8.97. The van der Waals surface area contributed by atoms with Crippen LogP contribution >= 0.6 is 0 Å². The van der Waals surface area contributed by atoms with Crippen LogP contribution in [0.4, 0.5) is 0 Å². The molecule has 74 valence electrons. The van der Waals surface area contributed by atoms with Crippen LogP contribution in [-0.4, -0.2) is 43.7 Å². The van der Waals surface area contributed by atoms with E-state index in [-0.39, 0.29) is 5.91 Å². The van der Waals surface area contributed by atoms with Crippen LogP contribution in [0.2, 0.25) is 0 Å². The first-order chi connectivity index (χ1) is 6.31. The van der Waals surface area contributed by atoms with E-state index >= 15 is 0 Å². The Kier molecular flexibility index (Phi) is 2.51. The largest absolute Gasteiger partial charge is 0.381 e. The second-order valence-electron chi connectivity index (χ2n) is 3.90. The Morgan fingerprint density at radius 3 is 2.54 bits per heavy atom. The minimum absolute atomic E-state index is 0.205. The minimum Gasteiger partial charge on any atom is -0.381 e. The predicted octanol–water partition coefficient (Wildman–Crippen LogP) is -0.560. The summed E-state index contributed by atoms with van der Waals surface area (Å²) in [5, 5.41) is 0. The van der Waals surface area contributed by atoms with Crippen LogP contribution in [0.1, 0.15) is 6.42 Å². The third-order valence-electron chi connectivity index (χ3n) is 2.95. The second-order valence-corrected chi connectivity index (χ2v) is 3.90. The normalized spacial score (nSPS) is 32.2. The Morgan fingerprint density at radius 1 is 1.38 bits per heavy atom. The van der Waals surface area contributed by atoms with Gasteiger partial charge >= 0.3 is 0 Å². The molecule has 0 radical (unpaired) electrons. The predicted molar refractivity (Wildman–Crippen MR) is 48.1 cm³/mol. The molecule has 2 heterocycles. The Labute approximate surface area is 78.0 Å². The van der Waals surface area contributed by atoms with Gasteiger partial charge in [-0.2, -0.15) is 0 Å². The molecule has 0 aromatic heterocycles. The SMILES string of the molecule is NCCC(=O)N1C[C@H]2COC[C@H]2C1. The molecule has 2 N–H and O–H groups in total. The number of ether oxygens (including phenoxy) is 1. The van der Waals surface area contributed by atoms with Gasteiger partial charge < -0.3 is 15.4 Å². The summed E-state index contributed by atoms with van der Waals surface area (Å²) in [6.07, 6.45) is 0.486. The first-order valence-electron chi connectivity index (χ1n) is 4.87. The lowest BCUT2D eigenvalue weighted by Gasteiger charge is -2.16. The Balaban J connectivity index is 1.87. The Hall–Kier alpha value is -0.610. The fourth-order valence-corrected chi connectivity index (χ4v) is 2.17. The quantitative estimate of drug-likeness (QED) is 0.626. The second kappa shape index (κ2) is 3.64. The molecule has 2 rings (SSSR count). The molecule has 4 nitrogen and oxygen atoms in total. The average molecular weight is 184 g/mol. The standard InChI is InChI=1S/C9H16N2O2/c10-2-1-9(12)11-3-7-5-13-6-8(7)4-11/h7-8H,1-6,10H2/t7-,8+. The van der Waals surface area contributed by atoms with E-state index in [1.807, 2.05) is 4.90 Å². The molecule has 0 saturated carbocycles. The average Bonchev–Trinajstić information content (AvgIpc) is 2.61. The van der Waals surface area contributed by atoms with Gasteiger partial charge in [0, 0.05) is 37.9 Å². The zero-order valence-corrected chi connectivity index (χ0v) is 7.74. The lowest BCUT2D eigenvalue weighted by molar-refractivity contribution is -0.130. The zero-order valence-electron chi connectivity index (χ0n) is 7.74. The summed E-state index contributed by atoms with van der Waals surface area (Å²) in [7, 11) is 0. The molecule has 2 atom stereocenters. The van der Waals surface area contributed by atoms with Gasteiger partial charge in [0.1, 0.15) is 0 Å². The fraction of sp³-hybridized carbons (Fsp3) is 0.889. The highest BCUT2D eigenvalue weighted by Gasteiger charge is 2.38. The molecule has 1 amide bonds. The zero-order chi connectivity index (χ0) is 9.26. The van der Waals surface area contributed by atoms with Crippen molar-refractivity contribution < 1.29 is 9.53 Å². The molecule has 13 heavy (non-hydrogen) atoms. The molecule has 0 aromatic rings. The maximum absolute atomic E-state index is 11.5. The van der Waals surface area contributed by atoms with Crippen molar-refractivity contribution in [2.45, 2.75) is 6.42 Å². The topological polar surface area (TPSA) is 55.6 Å². The third kappa shape index (κ3) is 1.69. The van der Waals surface area contributed by atoms with Gasteiger partial charge in [0.15, 0.2) is 0 Å². The van der Waals surface area contributed by atoms with Crippen LogP contribution in [0.5, 0.6) is 0 Å². The van der Waals surface area contributed by atoms with Crippen LogP contribution in [0.15, 0.2) is 0 Å². The molecule has 2 fully saturated rings. The number of fused-ring (bicyclic) bond motifs is 1. The molecule has 0 aromatic carbocycles. The molecule has 0 aliphatic carbocycles. The molecule has 0 spiro atoms. The number of hydrogen-bond donors (Lipinski definition) is 1. The Bertz CT molecular complexity index is 196. The van der Waals surface area contributed by atoms with Crippen LogP contribution < -0.4 is 5.73 Å². The molecule has 0 unspecified atom stereocenters. The summed E-state index contributed by atoms with van der Waals surface area (Å²) in [4.78, 5) is 13.4. The van der Waals surface area contributed by atoms with Gasteiger partial charge in [0.2, 0.25) is 5.91 Å². The Morgan fingerprint density at radius 2 is 2.00 bits per heavy atom. The van der Waals surface area contributed by atoms with E-state index < -0.39 is 0 Å². The van der Waals surface area contributed by atoms with Crippen molar-refractivity contribution in [1.29, 1.82) is 0 Å². The van der Waals surface area contributed by atoms with Gasteiger partial charge in [-0.3, -0.25) is 4.79 Å². The van der Waals surface area contributed by atoms with Gasteiger partial charge in [-0.15, -0.1) is 0 Å². The molecule has 2 aliphatic rings. The maximum atomic E-state index is 11.5. The molecule has 2 aliphatic heterocycles. The summed E-state index contributed by atoms with van der Waals surface area (Å²) in [6.45, 7) is 3.88. The van der Waals surface area contributed by atoms with Gasteiger partial charge in [-0.05, 0) is 0 Å². The number of hydrogen-bond acceptors (Lipinski definition) is 3. The van der Waals surface area contributed by atoms with Crippen LogP contribution in [0, 0.1) is 11.8 Å². The van der Waals surface area contributed by atoms with Crippen molar-refractivity contribution in [2.24, 2.45) is 17.6 Å². The number of nitrogens with zero attached hydrogens (tertiary/aromatic N) is 1. The number of nitrogens with two attached hydrogens (primary N) is 1. The number of carbonyl (C=O) groups excluding carboxylic acids is 1. The van der Waals surface area contributed by atoms with E-state index in [0.29, 0.717) is 24.8 Å². The van der Waals surface area contributed by atoms with E-state index in [4.69, 9.17) is 10.5 Å². The maximum Gasteiger partial charge on any atom is 0.223 e. The monoisotopic (exact) mass is 184 g/mol. The van der Waals surface area contributed by atoms with Gasteiger partial charge in [-0.1, -0.05) is 0 Å². The van der Waals surface area contributed by atoms with E-state index in [9.17, 15) is 4.79 Å². The fourth-order valence-electron chi connectivity index (χ4n) is 2.17.